The fourth-order valence-corrected chi connectivity index (χ4v) is 4.47. The molecule has 0 amide bonds. The first kappa shape index (κ1) is 10.7. The zero-order chi connectivity index (χ0) is 10.6. The van der Waals surface area contributed by atoms with Gasteiger partial charge in [-0.25, -0.2) is 0 Å². The van der Waals surface area contributed by atoms with Gasteiger partial charge in [0.1, 0.15) is 0 Å². The highest BCUT2D eigenvalue weighted by atomic mass is 79.9. The van der Waals surface area contributed by atoms with Gasteiger partial charge in [-0.3, -0.25) is 0 Å². The summed E-state index contributed by atoms with van der Waals surface area (Å²) in [7, 11) is 0. The number of hydrogen-bond acceptors (Lipinski definition) is 2. The third-order valence-electron chi connectivity index (χ3n) is 4.14. The molecule has 2 unspecified atom stereocenters. The lowest BCUT2D eigenvalue weighted by molar-refractivity contribution is 0.523. The molecule has 0 saturated heterocycles. The van der Waals surface area contributed by atoms with Crippen molar-refractivity contribution < 1.29 is 0 Å². The van der Waals surface area contributed by atoms with Crippen molar-refractivity contribution in [1.82, 2.24) is 0 Å². The number of nitrogens with two attached hydrogens (primary N) is 1. The van der Waals surface area contributed by atoms with Crippen LogP contribution in [0.15, 0.2) is 15.9 Å². The van der Waals surface area contributed by atoms with Crippen LogP contribution in [0.3, 0.4) is 0 Å². The Hall–Kier alpha value is 0.140. The molecule has 3 heteroatoms. The molecule has 1 aromatic rings. The van der Waals surface area contributed by atoms with Gasteiger partial charge < -0.3 is 5.73 Å². The first-order valence-corrected chi connectivity index (χ1v) is 6.51. The van der Waals surface area contributed by atoms with E-state index < -0.39 is 0 Å². The molecule has 1 heterocycles. The molecule has 78 valence electrons. The fourth-order valence-electron chi connectivity index (χ4n) is 2.71. The van der Waals surface area contributed by atoms with E-state index in [9.17, 15) is 0 Å². The van der Waals surface area contributed by atoms with Crippen LogP contribution in [0, 0.1) is 11.3 Å². The van der Waals surface area contributed by atoms with E-state index in [2.05, 4.69) is 48.8 Å². The SMILES string of the molecule is CC1(C)C(CN)C1(C)c1ccc(Br)s1. The van der Waals surface area contributed by atoms with Crippen molar-refractivity contribution in [3.63, 3.8) is 0 Å². The van der Waals surface area contributed by atoms with Gasteiger partial charge in [-0.2, -0.15) is 0 Å². The lowest BCUT2D eigenvalue weighted by atomic mass is 9.96. The Morgan fingerprint density at radius 2 is 2.07 bits per heavy atom. The maximum absolute atomic E-state index is 5.82. The summed E-state index contributed by atoms with van der Waals surface area (Å²) in [5, 5.41) is 0. The Balaban J connectivity index is 2.36. The molecule has 1 saturated carbocycles. The molecule has 14 heavy (non-hydrogen) atoms. The number of thiophene rings is 1. The minimum absolute atomic E-state index is 0.290. The van der Waals surface area contributed by atoms with E-state index in [0.717, 1.165) is 6.54 Å². The summed E-state index contributed by atoms with van der Waals surface area (Å²) in [6, 6.07) is 4.36. The summed E-state index contributed by atoms with van der Waals surface area (Å²) in [4.78, 5) is 1.46. The standard InChI is InChI=1S/C11H16BrNS/c1-10(2)7(6-13)11(10,3)8-4-5-9(12)14-8/h4-5,7H,6,13H2,1-3H3. The summed E-state index contributed by atoms with van der Waals surface area (Å²) < 4.78 is 1.21. The van der Waals surface area contributed by atoms with Crippen molar-refractivity contribution in [2.75, 3.05) is 6.54 Å². The molecule has 1 fully saturated rings. The lowest BCUT2D eigenvalue weighted by Gasteiger charge is -2.11. The van der Waals surface area contributed by atoms with Gasteiger partial charge in [0.15, 0.2) is 0 Å². The van der Waals surface area contributed by atoms with E-state index in [4.69, 9.17) is 5.73 Å². The Bertz CT molecular complexity index is 358. The van der Waals surface area contributed by atoms with Gasteiger partial charge in [0.2, 0.25) is 0 Å². The molecular formula is C11H16BrNS. The molecule has 0 aromatic carbocycles. The highest BCUT2D eigenvalue weighted by molar-refractivity contribution is 9.11. The smallest absolute Gasteiger partial charge is 0.0701 e. The molecule has 2 N–H and O–H groups in total. The summed E-state index contributed by atoms with van der Waals surface area (Å²) in [6.07, 6.45) is 0. The molecule has 0 aliphatic heterocycles. The van der Waals surface area contributed by atoms with Crippen molar-refractivity contribution in [1.29, 1.82) is 0 Å². The highest BCUT2D eigenvalue weighted by Gasteiger charge is 2.68. The number of hydrogen-bond donors (Lipinski definition) is 1. The molecule has 1 aromatic heterocycles. The molecular weight excluding hydrogens is 258 g/mol. The van der Waals surface area contributed by atoms with Crippen LogP contribution < -0.4 is 5.73 Å². The fraction of sp³-hybridized carbons (Fsp3) is 0.636. The summed E-state index contributed by atoms with van der Waals surface area (Å²) in [6.45, 7) is 7.76. The van der Waals surface area contributed by atoms with Gasteiger partial charge in [-0.15, -0.1) is 11.3 Å². The van der Waals surface area contributed by atoms with Gasteiger partial charge in [0.05, 0.1) is 3.79 Å². The number of halogens is 1. The lowest BCUT2D eigenvalue weighted by Crippen LogP contribution is -2.10. The quantitative estimate of drug-likeness (QED) is 0.879. The topological polar surface area (TPSA) is 26.0 Å². The van der Waals surface area contributed by atoms with Crippen LogP contribution in [0.5, 0.6) is 0 Å². The average Bonchev–Trinajstić information content (AvgIpc) is 2.49. The minimum atomic E-state index is 0.290. The van der Waals surface area contributed by atoms with Crippen molar-refractivity contribution in [3.8, 4) is 0 Å². The molecule has 2 atom stereocenters. The maximum atomic E-state index is 5.82. The Morgan fingerprint density at radius 3 is 2.43 bits per heavy atom. The first-order valence-electron chi connectivity index (χ1n) is 4.90. The largest absolute Gasteiger partial charge is 0.330 e. The minimum Gasteiger partial charge on any atom is -0.330 e. The van der Waals surface area contributed by atoms with Crippen LogP contribution in [0.1, 0.15) is 25.6 Å². The predicted octanol–water partition coefficient (Wildman–Crippen LogP) is 3.38. The average molecular weight is 274 g/mol. The van der Waals surface area contributed by atoms with Gasteiger partial charge in [-0.1, -0.05) is 20.8 Å². The van der Waals surface area contributed by atoms with E-state index >= 15 is 0 Å². The van der Waals surface area contributed by atoms with Gasteiger partial charge in [-0.05, 0) is 45.9 Å². The van der Waals surface area contributed by atoms with Crippen molar-refractivity contribution in [3.05, 3.63) is 20.8 Å². The van der Waals surface area contributed by atoms with Crippen LogP contribution in [0.2, 0.25) is 0 Å². The normalized spacial score (nSPS) is 34.5. The molecule has 0 bridgehead atoms. The third-order valence-corrected chi connectivity index (χ3v) is 6.01. The number of rotatable bonds is 2. The van der Waals surface area contributed by atoms with Crippen molar-refractivity contribution >= 4 is 27.3 Å². The second-order valence-corrected chi connectivity index (χ2v) is 7.28. The van der Waals surface area contributed by atoms with E-state index in [-0.39, 0.29) is 0 Å². The van der Waals surface area contributed by atoms with E-state index in [1.54, 1.807) is 0 Å². The molecule has 2 rings (SSSR count). The summed E-state index contributed by atoms with van der Waals surface area (Å²) in [5.41, 5.74) is 6.47. The van der Waals surface area contributed by atoms with Gasteiger partial charge >= 0.3 is 0 Å². The van der Waals surface area contributed by atoms with Crippen LogP contribution in [0.25, 0.3) is 0 Å². The Kier molecular flexibility index (Phi) is 2.33. The van der Waals surface area contributed by atoms with E-state index in [1.165, 1.54) is 8.66 Å². The van der Waals surface area contributed by atoms with Gasteiger partial charge in [0, 0.05) is 10.3 Å². The molecule has 1 nitrogen and oxygen atoms in total. The monoisotopic (exact) mass is 273 g/mol. The van der Waals surface area contributed by atoms with Crippen molar-refractivity contribution in [2.24, 2.45) is 17.1 Å². The molecule has 1 aliphatic carbocycles. The summed E-state index contributed by atoms with van der Waals surface area (Å²) in [5.74, 6) is 0.626. The summed E-state index contributed by atoms with van der Waals surface area (Å²) >= 11 is 5.36. The molecule has 1 aliphatic rings. The Morgan fingerprint density at radius 1 is 1.43 bits per heavy atom. The third kappa shape index (κ3) is 1.15. The van der Waals surface area contributed by atoms with Crippen LogP contribution in [-0.4, -0.2) is 6.54 Å². The van der Waals surface area contributed by atoms with E-state index in [0.29, 0.717) is 16.7 Å². The maximum Gasteiger partial charge on any atom is 0.0701 e. The Labute approximate surface area is 97.8 Å². The predicted molar refractivity (Wildman–Crippen MR) is 65.7 cm³/mol. The van der Waals surface area contributed by atoms with Crippen molar-refractivity contribution in [2.45, 2.75) is 26.2 Å². The second-order valence-electron chi connectivity index (χ2n) is 4.82. The molecule has 0 radical (unpaired) electrons. The second kappa shape index (κ2) is 3.06. The van der Waals surface area contributed by atoms with Crippen LogP contribution in [0.4, 0.5) is 0 Å². The zero-order valence-electron chi connectivity index (χ0n) is 8.80. The highest BCUT2D eigenvalue weighted by Crippen LogP contribution is 2.69. The van der Waals surface area contributed by atoms with Gasteiger partial charge in [0.25, 0.3) is 0 Å². The van der Waals surface area contributed by atoms with Crippen LogP contribution >= 0.6 is 27.3 Å². The zero-order valence-corrected chi connectivity index (χ0v) is 11.2. The molecule has 0 spiro atoms. The first-order chi connectivity index (χ1) is 6.44. The van der Waals surface area contributed by atoms with E-state index in [1.807, 2.05) is 11.3 Å². The van der Waals surface area contributed by atoms with Crippen LogP contribution in [-0.2, 0) is 5.41 Å².